The Balaban J connectivity index is 2.16. The van der Waals surface area contributed by atoms with E-state index in [-0.39, 0.29) is 17.2 Å². The van der Waals surface area contributed by atoms with Crippen molar-refractivity contribution in [2.75, 3.05) is 6.54 Å². The maximum absolute atomic E-state index is 11.4. The third kappa shape index (κ3) is 1.21. The van der Waals surface area contributed by atoms with E-state index in [1.165, 1.54) is 5.57 Å². The third-order valence-corrected chi connectivity index (χ3v) is 3.39. The van der Waals surface area contributed by atoms with Gasteiger partial charge in [0.25, 0.3) is 0 Å². The lowest BCUT2D eigenvalue weighted by Gasteiger charge is -2.11. The van der Waals surface area contributed by atoms with Gasteiger partial charge >= 0.3 is 0 Å². The highest BCUT2D eigenvalue weighted by Crippen LogP contribution is 2.60. The molecule has 2 aliphatic rings. The molecule has 2 rings (SSSR count). The number of piperidine rings is 1. The average Bonchev–Trinajstić information content (AvgIpc) is 2.85. The van der Waals surface area contributed by atoms with Crippen molar-refractivity contribution in [3.63, 3.8) is 0 Å². The number of hydrogen-bond acceptors (Lipinski definition) is 1. The van der Waals surface area contributed by atoms with Crippen molar-refractivity contribution in [2.45, 2.75) is 26.7 Å². The molecular formula is C12H17NO. The van der Waals surface area contributed by atoms with E-state index in [1.54, 1.807) is 0 Å². The molecule has 0 bridgehead atoms. The molecule has 0 radical (unpaired) electrons. The lowest BCUT2D eigenvalue weighted by Crippen LogP contribution is -2.21. The number of hydrogen-bond donors (Lipinski definition) is 1. The highest BCUT2D eigenvalue weighted by Gasteiger charge is 2.63. The van der Waals surface area contributed by atoms with E-state index in [0.717, 1.165) is 19.4 Å². The fraction of sp³-hybridized carbons (Fsp3) is 0.583. The summed E-state index contributed by atoms with van der Waals surface area (Å²) < 4.78 is 0. The molecule has 1 amide bonds. The Morgan fingerprint density at radius 2 is 2.50 bits per heavy atom. The Hall–Kier alpha value is -1.05. The Morgan fingerprint density at radius 1 is 1.71 bits per heavy atom. The van der Waals surface area contributed by atoms with Gasteiger partial charge in [-0.15, -0.1) is 0 Å². The molecule has 0 spiro atoms. The van der Waals surface area contributed by atoms with Crippen LogP contribution in [-0.2, 0) is 4.79 Å². The minimum atomic E-state index is 0.164. The molecule has 1 N–H and O–H groups in total. The molecule has 1 heterocycles. The number of allylic oxidation sites excluding steroid dienone is 3. The summed E-state index contributed by atoms with van der Waals surface area (Å²) in [6.07, 6.45) is 8.60. The molecule has 1 saturated carbocycles. The first kappa shape index (κ1) is 9.50. The minimum absolute atomic E-state index is 0.164. The van der Waals surface area contributed by atoms with E-state index < -0.39 is 0 Å². The molecule has 76 valence electrons. The summed E-state index contributed by atoms with van der Waals surface area (Å²) in [7, 11) is 0. The normalized spacial score (nSPS) is 36.0. The molecule has 2 fully saturated rings. The summed E-state index contributed by atoms with van der Waals surface area (Å²) >= 11 is 0. The molecular weight excluding hydrogens is 174 g/mol. The van der Waals surface area contributed by atoms with Gasteiger partial charge in [-0.05, 0) is 25.3 Å². The van der Waals surface area contributed by atoms with Crippen molar-refractivity contribution < 1.29 is 4.79 Å². The molecule has 0 aromatic rings. The van der Waals surface area contributed by atoms with Crippen LogP contribution >= 0.6 is 0 Å². The van der Waals surface area contributed by atoms with Crippen molar-refractivity contribution in [3.8, 4) is 0 Å². The van der Waals surface area contributed by atoms with E-state index in [0.29, 0.717) is 0 Å². The third-order valence-electron chi connectivity index (χ3n) is 3.39. The standard InChI is InChI=1S/C12H17NO/c1-3-5-6-9(4-2)12-7-10(12)11(14)13-8-12/h4-6,10H,3,7-8H2,1-2H3,(H,13,14)/b6-5-,9-4+. The average molecular weight is 191 g/mol. The predicted molar refractivity (Wildman–Crippen MR) is 56.7 cm³/mol. The number of rotatable bonds is 3. The number of nitrogens with one attached hydrogen (secondary N) is 1. The van der Waals surface area contributed by atoms with Gasteiger partial charge in [-0.2, -0.15) is 0 Å². The van der Waals surface area contributed by atoms with E-state index in [4.69, 9.17) is 0 Å². The SMILES string of the molecule is C/C=C(\C=C/CC)C12CNC(=O)C1C2. The van der Waals surface area contributed by atoms with Gasteiger partial charge < -0.3 is 5.32 Å². The van der Waals surface area contributed by atoms with Crippen LogP contribution in [0.3, 0.4) is 0 Å². The Morgan fingerprint density at radius 3 is 2.93 bits per heavy atom. The Kier molecular flexibility index (Phi) is 2.22. The van der Waals surface area contributed by atoms with Crippen LogP contribution < -0.4 is 5.32 Å². The maximum Gasteiger partial charge on any atom is 0.224 e. The number of amides is 1. The van der Waals surface area contributed by atoms with Gasteiger partial charge in [0.2, 0.25) is 5.91 Å². The Labute approximate surface area is 85.1 Å². The zero-order valence-corrected chi connectivity index (χ0v) is 8.84. The Bertz CT molecular complexity index is 316. The van der Waals surface area contributed by atoms with Crippen LogP contribution in [0.15, 0.2) is 23.8 Å². The van der Waals surface area contributed by atoms with Gasteiger partial charge in [0, 0.05) is 12.0 Å². The van der Waals surface area contributed by atoms with Gasteiger partial charge in [0.05, 0.1) is 5.92 Å². The summed E-state index contributed by atoms with van der Waals surface area (Å²) in [4.78, 5) is 11.4. The van der Waals surface area contributed by atoms with Crippen LogP contribution in [0.1, 0.15) is 26.7 Å². The monoisotopic (exact) mass is 191 g/mol. The van der Waals surface area contributed by atoms with Crippen molar-refractivity contribution in [1.82, 2.24) is 5.32 Å². The van der Waals surface area contributed by atoms with Gasteiger partial charge in [-0.1, -0.05) is 25.2 Å². The summed E-state index contributed by atoms with van der Waals surface area (Å²) in [6, 6.07) is 0. The molecule has 2 atom stereocenters. The number of carbonyl (C=O) groups excluding carboxylic acids is 1. The van der Waals surface area contributed by atoms with E-state index in [1.807, 2.05) is 0 Å². The van der Waals surface area contributed by atoms with Gasteiger partial charge in [-0.25, -0.2) is 0 Å². The first-order valence-corrected chi connectivity index (χ1v) is 5.35. The predicted octanol–water partition coefficient (Wildman–Crippen LogP) is 2.04. The molecule has 2 heteroatoms. The zero-order chi connectivity index (χ0) is 10.2. The zero-order valence-electron chi connectivity index (χ0n) is 8.84. The van der Waals surface area contributed by atoms with Crippen molar-refractivity contribution in [1.29, 1.82) is 0 Å². The lowest BCUT2D eigenvalue weighted by molar-refractivity contribution is -0.120. The van der Waals surface area contributed by atoms with Crippen molar-refractivity contribution in [3.05, 3.63) is 23.8 Å². The molecule has 1 saturated heterocycles. The van der Waals surface area contributed by atoms with Crippen molar-refractivity contribution in [2.24, 2.45) is 11.3 Å². The van der Waals surface area contributed by atoms with Crippen LogP contribution in [0.5, 0.6) is 0 Å². The highest BCUT2D eigenvalue weighted by atomic mass is 16.2. The lowest BCUT2D eigenvalue weighted by atomic mass is 9.94. The van der Waals surface area contributed by atoms with E-state index >= 15 is 0 Å². The minimum Gasteiger partial charge on any atom is -0.355 e. The van der Waals surface area contributed by atoms with Crippen LogP contribution in [0, 0.1) is 11.3 Å². The summed E-state index contributed by atoms with van der Waals surface area (Å²) in [5, 5.41) is 2.94. The maximum atomic E-state index is 11.4. The van der Waals surface area contributed by atoms with Crippen LogP contribution in [-0.4, -0.2) is 12.5 Å². The van der Waals surface area contributed by atoms with Crippen LogP contribution in [0.2, 0.25) is 0 Å². The summed E-state index contributed by atoms with van der Waals surface area (Å²) in [6.45, 7) is 5.02. The molecule has 0 aromatic heterocycles. The first-order valence-electron chi connectivity index (χ1n) is 5.35. The second-order valence-corrected chi connectivity index (χ2v) is 4.19. The second kappa shape index (κ2) is 3.26. The fourth-order valence-corrected chi connectivity index (χ4v) is 2.43. The second-order valence-electron chi connectivity index (χ2n) is 4.19. The molecule has 1 aliphatic heterocycles. The number of fused-ring (bicyclic) bond motifs is 1. The van der Waals surface area contributed by atoms with Crippen molar-refractivity contribution >= 4 is 5.91 Å². The fourth-order valence-electron chi connectivity index (χ4n) is 2.43. The van der Waals surface area contributed by atoms with E-state index in [9.17, 15) is 4.79 Å². The molecule has 2 unspecified atom stereocenters. The summed E-state index contributed by atoms with van der Waals surface area (Å²) in [5.41, 5.74) is 1.50. The van der Waals surface area contributed by atoms with Crippen LogP contribution in [0.25, 0.3) is 0 Å². The summed E-state index contributed by atoms with van der Waals surface area (Å²) in [5.74, 6) is 0.504. The smallest absolute Gasteiger partial charge is 0.224 e. The molecule has 14 heavy (non-hydrogen) atoms. The number of carbonyl (C=O) groups is 1. The quantitative estimate of drug-likeness (QED) is 0.679. The largest absolute Gasteiger partial charge is 0.355 e. The van der Waals surface area contributed by atoms with E-state index in [2.05, 4.69) is 37.4 Å². The van der Waals surface area contributed by atoms with Gasteiger partial charge in [0.15, 0.2) is 0 Å². The molecule has 2 nitrogen and oxygen atoms in total. The van der Waals surface area contributed by atoms with Gasteiger partial charge in [0.1, 0.15) is 0 Å². The molecule has 0 aromatic carbocycles. The van der Waals surface area contributed by atoms with Gasteiger partial charge in [-0.3, -0.25) is 4.79 Å². The topological polar surface area (TPSA) is 29.1 Å². The van der Waals surface area contributed by atoms with Crippen LogP contribution in [0.4, 0.5) is 0 Å². The highest BCUT2D eigenvalue weighted by molar-refractivity contribution is 5.87. The molecule has 1 aliphatic carbocycles. The first-order chi connectivity index (χ1) is 6.74.